The van der Waals surface area contributed by atoms with Crippen LogP contribution in [-0.4, -0.2) is 42.9 Å². The summed E-state index contributed by atoms with van der Waals surface area (Å²) < 4.78 is 5.67. The fourth-order valence-electron chi connectivity index (χ4n) is 2.35. The van der Waals surface area contributed by atoms with Crippen LogP contribution in [0, 0.1) is 5.92 Å². The van der Waals surface area contributed by atoms with Crippen molar-refractivity contribution >= 4 is 11.6 Å². The average Bonchev–Trinajstić information content (AvgIpc) is 2.41. The third-order valence-electron chi connectivity index (χ3n) is 3.36. The topological polar surface area (TPSA) is 32.7 Å². The summed E-state index contributed by atoms with van der Waals surface area (Å²) in [4.78, 5) is 2.35. The van der Waals surface area contributed by atoms with Crippen LogP contribution in [0.25, 0.3) is 0 Å². The van der Waals surface area contributed by atoms with Crippen LogP contribution in [0.15, 0.2) is 24.3 Å². The van der Waals surface area contributed by atoms with E-state index in [1.54, 1.807) is 0 Å². The highest BCUT2D eigenvalue weighted by Gasteiger charge is 2.18. The first-order valence-electron chi connectivity index (χ1n) is 6.50. The number of hydrogen-bond acceptors (Lipinski definition) is 3. The lowest BCUT2D eigenvalue weighted by atomic mass is 9.99. The van der Waals surface area contributed by atoms with Gasteiger partial charge in [-0.3, -0.25) is 4.90 Å². The molecule has 3 nitrogen and oxygen atoms in total. The molecule has 0 amide bonds. The van der Waals surface area contributed by atoms with Crippen LogP contribution < -0.4 is 4.74 Å². The molecule has 0 aliphatic carbocycles. The summed E-state index contributed by atoms with van der Waals surface area (Å²) in [5.41, 5.74) is 0. The van der Waals surface area contributed by atoms with E-state index < -0.39 is 0 Å². The summed E-state index contributed by atoms with van der Waals surface area (Å²) in [5.74, 6) is 1.17. The number of para-hydroxylation sites is 1. The molecule has 1 unspecified atom stereocenters. The van der Waals surface area contributed by atoms with Crippen molar-refractivity contribution in [3.05, 3.63) is 29.3 Å². The zero-order valence-electron chi connectivity index (χ0n) is 10.5. The number of benzene rings is 1. The number of nitrogens with zero attached hydrogens (tertiary/aromatic N) is 1. The van der Waals surface area contributed by atoms with Gasteiger partial charge in [-0.1, -0.05) is 23.7 Å². The lowest BCUT2D eigenvalue weighted by Gasteiger charge is -2.31. The van der Waals surface area contributed by atoms with Crippen molar-refractivity contribution in [2.45, 2.75) is 12.8 Å². The largest absolute Gasteiger partial charge is 0.491 e. The Morgan fingerprint density at radius 1 is 1.39 bits per heavy atom. The van der Waals surface area contributed by atoms with E-state index in [0.717, 1.165) is 38.2 Å². The van der Waals surface area contributed by atoms with Gasteiger partial charge in [-0.05, 0) is 37.4 Å². The highest BCUT2D eigenvalue weighted by atomic mass is 35.5. The van der Waals surface area contributed by atoms with Crippen molar-refractivity contribution in [1.82, 2.24) is 4.90 Å². The van der Waals surface area contributed by atoms with Gasteiger partial charge in [0, 0.05) is 19.7 Å². The first-order chi connectivity index (χ1) is 8.79. The second-order valence-corrected chi connectivity index (χ2v) is 5.18. The maximum atomic E-state index is 9.17. The Bertz CT molecular complexity index is 373. The van der Waals surface area contributed by atoms with Gasteiger partial charge in [0.1, 0.15) is 12.4 Å². The molecule has 0 saturated carbocycles. The Morgan fingerprint density at radius 3 is 3.00 bits per heavy atom. The first kappa shape index (κ1) is 13.7. The van der Waals surface area contributed by atoms with Crippen LogP contribution in [0.4, 0.5) is 0 Å². The second kappa shape index (κ2) is 6.98. The van der Waals surface area contributed by atoms with Gasteiger partial charge in [-0.25, -0.2) is 0 Å². The molecule has 100 valence electrons. The molecule has 1 heterocycles. The highest BCUT2D eigenvalue weighted by molar-refractivity contribution is 6.32. The minimum atomic E-state index is 0.294. The molecule has 4 heteroatoms. The maximum Gasteiger partial charge on any atom is 0.137 e. The molecule has 1 N–H and O–H groups in total. The van der Waals surface area contributed by atoms with Gasteiger partial charge in [-0.15, -0.1) is 0 Å². The number of aliphatic hydroxyl groups is 1. The standard InChI is InChI=1S/C14H20ClNO2/c15-13-5-1-2-6-14(13)18-9-8-16-7-3-4-12(10-16)11-17/h1-2,5-6,12,17H,3-4,7-11H2. The number of halogens is 1. The molecule has 1 aliphatic rings. The number of likely N-dealkylation sites (tertiary alicyclic amines) is 1. The molecule has 0 aromatic heterocycles. The maximum absolute atomic E-state index is 9.17. The van der Waals surface area contributed by atoms with Gasteiger partial charge >= 0.3 is 0 Å². The lowest BCUT2D eigenvalue weighted by Crippen LogP contribution is -2.39. The smallest absolute Gasteiger partial charge is 0.137 e. The van der Waals surface area contributed by atoms with Gasteiger partial charge < -0.3 is 9.84 Å². The number of rotatable bonds is 5. The SMILES string of the molecule is OCC1CCCN(CCOc2ccccc2Cl)C1. The molecule has 2 rings (SSSR count). The van der Waals surface area contributed by atoms with Crippen molar-refractivity contribution in [2.24, 2.45) is 5.92 Å². The molecule has 0 radical (unpaired) electrons. The van der Waals surface area contributed by atoms with E-state index in [9.17, 15) is 5.11 Å². The summed E-state index contributed by atoms with van der Waals surface area (Å²) in [6, 6.07) is 7.53. The minimum absolute atomic E-state index is 0.294. The Labute approximate surface area is 113 Å². The molecule has 1 fully saturated rings. The predicted molar refractivity (Wildman–Crippen MR) is 73.2 cm³/mol. The summed E-state index contributed by atoms with van der Waals surface area (Å²) in [6.45, 7) is 3.90. The third-order valence-corrected chi connectivity index (χ3v) is 3.68. The Morgan fingerprint density at radius 2 is 2.22 bits per heavy atom. The van der Waals surface area contributed by atoms with Crippen LogP contribution >= 0.6 is 11.6 Å². The van der Waals surface area contributed by atoms with E-state index in [0.29, 0.717) is 24.2 Å². The van der Waals surface area contributed by atoms with Gasteiger partial charge in [0.05, 0.1) is 5.02 Å². The van der Waals surface area contributed by atoms with Crippen molar-refractivity contribution in [3.63, 3.8) is 0 Å². The minimum Gasteiger partial charge on any atom is -0.491 e. The number of aliphatic hydroxyl groups excluding tert-OH is 1. The van der Waals surface area contributed by atoms with E-state index in [1.807, 2.05) is 24.3 Å². The Kier molecular flexibility index (Phi) is 5.29. The van der Waals surface area contributed by atoms with Crippen molar-refractivity contribution in [1.29, 1.82) is 0 Å². The molecule has 0 spiro atoms. The fraction of sp³-hybridized carbons (Fsp3) is 0.571. The molecular weight excluding hydrogens is 250 g/mol. The lowest BCUT2D eigenvalue weighted by molar-refractivity contribution is 0.107. The Hall–Kier alpha value is -0.770. The first-order valence-corrected chi connectivity index (χ1v) is 6.88. The molecule has 1 saturated heterocycles. The Balaban J connectivity index is 1.73. The molecule has 1 aliphatic heterocycles. The molecule has 1 aromatic carbocycles. The van der Waals surface area contributed by atoms with Gasteiger partial charge in [0.2, 0.25) is 0 Å². The van der Waals surface area contributed by atoms with E-state index >= 15 is 0 Å². The molecule has 0 bridgehead atoms. The van der Waals surface area contributed by atoms with Crippen LogP contribution in [0.5, 0.6) is 5.75 Å². The van der Waals surface area contributed by atoms with Crippen molar-refractivity contribution in [2.75, 3.05) is 32.8 Å². The quantitative estimate of drug-likeness (QED) is 0.891. The van der Waals surface area contributed by atoms with E-state index in [2.05, 4.69) is 4.90 Å². The summed E-state index contributed by atoms with van der Waals surface area (Å²) in [6.07, 6.45) is 2.30. The molecule has 1 atom stereocenters. The second-order valence-electron chi connectivity index (χ2n) is 4.77. The average molecular weight is 270 g/mol. The van der Waals surface area contributed by atoms with Crippen LogP contribution in [0.1, 0.15) is 12.8 Å². The summed E-state index contributed by atoms with van der Waals surface area (Å²) >= 11 is 6.02. The van der Waals surface area contributed by atoms with E-state index in [1.165, 1.54) is 0 Å². The van der Waals surface area contributed by atoms with E-state index in [4.69, 9.17) is 16.3 Å². The fourth-order valence-corrected chi connectivity index (χ4v) is 2.54. The number of ether oxygens (including phenoxy) is 1. The number of hydrogen-bond donors (Lipinski definition) is 1. The predicted octanol–water partition coefficient (Wildman–Crippen LogP) is 2.42. The number of piperidine rings is 1. The van der Waals surface area contributed by atoms with E-state index in [-0.39, 0.29) is 0 Å². The van der Waals surface area contributed by atoms with Crippen molar-refractivity contribution < 1.29 is 9.84 Å². The molecule has 18 heavy (non-hydrogen) atoms. The zero-order valence-corrected chi connectivity index (χ0v) is 11.3. The molecular formula is C14H20ClNO2. The van der Waals surface area contributed by atoms with Crippen LogP contribution in [0.3, 0.4) is 0 Å². The highest BCUT2D eigenvalue weighted by Crippen LogP contribution is 2.23. The van der Waals surface area contributed by atoms with Crippen molar-refractivity contribution in [3.8, 4) is 5.75 Å². The zero-order chi connectivity index (χ0) is 12.8. The summed E-state index contributed by atoms with van der Waals surface area (Å²) in [7, 11) is 0. The monoisotopic (exact) mass is 269 g/mol. The third kappa shape index (κ3) is 3.87. The molecule has 1 aromatic rings. The normalized spacial score (nSPS) is 20.9. The van der Waals surface area contributed by atoms with Crippen LogP contribution in [0.2, 0.25) is 5.02 Å². The van der Waals surface area contributed by atoms with Gasteiger partial charge in [0.15, 0.2) is 0 Å². The van der Waals surface area contributed by atoms with Crippen LogP contribution in [-0.2, 0) is 0 Å². The van der Waals surface area contributed by atoms with Gasteiger partial charge in [0.25, 0.3) is 0 Å². The summed E-state index contributed by atoms with van der Waals surface area (Å²) in [5, 5.41) is 9.83. The van der Waals surface area contributed by atoms with Gasteiger partial charge in [-0.2, -0.15) is 0 Å².